The number of hydrogen-bond donors (Lipinski definition) is 7. The van der Waals surface area contributed by atoms with E-state index in [0.717, 1.165) is 0 Å². The Balaban J connectivity index is 5.41. The molecule has 14 heteroatoms. The smallest absolute Gasteiger partial charge is 0.326 e. The van der Waals surface area contributed by atoms with Crippen LogP contribution in [0.25, 0.3) is 0 Å². The van der Waals surface area contributed by atoms with E-state index >= 15 is 0 Å². The van der Waals surface area contributed by atoms with Crippen LogP contribution in [-0.2, 0) is 28.8 Å². The highest BCUT2D eigenvalue weighted by Crippen LogP contribution is 2.07. The number of amides is 3. The molecule has 0 radical (unpaired) electrons. The molecule has 8 N–H and O–H groups in total. The third-order valence-electron chi connectivity index (χ3n) is 4.49. The Bertz CT molecular complexity index is 732. The SMILES string of the molecule is CSCCC(N)C(=O)NC(C(=O)NC(CC(=O)O)C(=O)NC(CCC(=O)O)C(=O)O)C(C)C. The second-order valence-electron chi connectivity index (χ2n) is 7.61. The van der Waals surface area contributed by atoms with Gasteiger partial charge in [0.25, 0.3) is 0 Å². The summed E-state index contributed by atoms with van der Waals surface area (Å²) < 4.78 is 0. The second-order valence-corrected chi connectivity index (χ2v) is 8.59. The van der Waals surface area contributed by atoms with Gasteiger partial charge in [0, 0.05) is 6.42 Å². The van der Waals surface area contributed by atoms with Gasteiger partial charge < -0.3 is 37.0 Å². The Morgan fingerprint density at radius 1 is 0.818 bits per heavy atom. The number of hydrogen-bond acceptors (Lipinski definition) is 8. The van der Waals surface area contributed by atoms with Gasteiger partial charge in [0.1, 0.15) is 18.1 Å². The standard InChI is InChI=1S/C19H32N4O9S/c1-9(2)15(23-16(28)10(20)6-7-33-3)18(30)22-12(8-14(26)27)17(29)21-11(19(31)32)4-5-13(24)25/h9-12,15H,4-8,20H2,1-3H3,(H,21,29)(H,22,30)(H,23,28)(H,24,25)(H,26,27)(H,31,32). The van der Waals surface area contributed by atoms with Crippen molar-refractivity contribution in [1.82, 2.24) is 16.0 Å². The molecular weight excluding hydrogens is 460 g/mol. The Labute approximate surface area is 195 Å². The van der Waals surface area contributed by atoms with Crippen LogP contribution in [0, 0.1) is 5.92 Å². The number of carboxylic acid groups (broad SMARTS) is 3. The molecule has 0 aromatic heterocycles. The van der Waals surface area contributed by atoms with Gasteiger partial charge in [-0.2, -0.15) is 11.8 Å². The number of carboxylic acids is 3. The van der Waals surface area contributed by atoms with E-state index in [1.165, 1.54) is 11.8 Å². The van der Waals surface area contributed by atoms with Crippen LogP contribution < -0.4 is 21.7 Å². The van der Waals surface area contributed by atoms with Crippen molar-refractivity contribution in [3.63, 3.8) is 0 Å². The Hall–Kier alpha value is -2.87. The predicted molar refractivity (Wildman–Crippen MR) is 118 cm³/mol. The fourth-order valence-corrected chi connectivity index (χ4v) is 3.10. The fourth-order valence-electron chi connectivity index (χ4n) is 2.61. The number of aliphatic carboxylic acids is 3. The molecule has 4 unspecified atom stereocenters. The maximum Gasteiger partial charge on any atom is 0.326 e. The summed E-state index contributed by atoms with van der Waals surface area (Å²) in [7, 11) is 0. The van der Waals surface area contributed by atoms with E-state index in [4.69, 9.17) is 15.9 Å². The van der Waals surface area contributed by atoms with Crippen molar-refractivity contribution < 1.29 is 44.1 Å². The summed E-state index contributed by atoms with van der Waals surface area (Å²) in [6, 6.07) is -5.26. The first-order valence-electron chi connectivity index (χ1n) is 10.1. The van der Waals surface area contributed by atoms with Crippen molar-refractivity contribution in [2.75, 3.05) is 12.0 Å². The van der Waals surface area contributed by atoms with E-state index in [-0.39, 0.29) is 0 Å². The third kappa shape index (κ3) is 12.1. The van der Waals surface area contributed by atoms with E-state index < -0.39 is 85.0 Å². The molecule has 0 aliphatic carbocycles. The highest BCUT2D eigenvalue weighted by atomic mass is 32.2. The van der Waals surface area contributed by atoms with Crippen LogP contribution >= 0.6 is 11.8 Å². The van der Waals surface area contributed by atoms with Crippen LogP contribution in [0.5, 0.6) is 0 Å². The van der Waals surface area contributed by atoms with E-state index in [9.17, 15) is 33.9 Å². The normalized spacial score (nSPS) is 14.5. The van der Waals surface area contributed by atoms with Crippen LogP contribution in [0.15, 0.2) is 0 Å². The summed E-state index contributed by atoms with van der Waals surface area (Å²) in [5.41, 5.74) is 5.80. The molecule has 0 heterocycles. The molecule has 188 valence electrons. The van der Waals surface area contributed by atoms with E-state index in [1.54, 1.807) is 13.8 Å². The third-order valence-corrected chi connectivity index (χ3v) is 5.13. The topological polar surface area (TPSA) is 225 Å². The minimum atomic E-state index is -1.66. The Morgan fingerprint density at radius 3 is 1.85 bits per heavy atom. The van der Waals surface area contributed by atoms with Crippen LogP contribution in [0.1, 0.15) is 39.5 Å². The van der Waals surface area contributed by atoms with Gasteiger partial charge in [-0.3, -0.25) is 24.0 Å². The van der Waals surface area contributed by atoms with Crippen molar-refractivity contribution in [1.29, 1.82) is 0 Å². The summed E-state index contributed by atoms with van der Waals surface area (Å²) in [6.07, 6.45) is 0.360. The van der Waals surface area contributed by atoms with Crippen LogP contribution in [0.2, 0.25) is 0 Å². The predicted octanol–water partition coefficient (Wildman–Crippen LogP) is -1.40. The van der Waals surface area contributed by atoms with Crippen LogP contribution in [0.4, 0.5) is 0 Å². The lowest BCUT2D eigenvalue weighted by Gasteiger charge is -2.26. The van der Waals surface area contributed by atoms with Crippen LogP contribution in [0.3, 0.4) is 0 Å². The zero-order valence-corrected chi connectivity index (χ0v) is 19.5. The van der Waals surface area contributed by atoms with Crippen molar-refractivity contribution >= 4 is 47.4 Å². The minimum absolute atomic E-state index is 0.371. The molecule has 0 saturated heterocycles. The molecule has 0 aromatic rings. The first-order chi connectivity index (χ1) is 15.3. The maximum absolute atomic E-state index is 12.8. The molecule has 0 aromatic carbocycles. The second kappa shape index (κ2) is 15.1. The molecule has 4 atom stereocenters. The van der Waals surface area contributed by atoms with Crippen LogP contribution in [-0.4, -0.2) is 87.1 Å². The number of carbonyl (C=O) groups is 6. The van der Waals surface area contributed by atoms with Crippen molar-refractivity contribution in [3.8, 4) is 0 Å². The molecule has 0 aliphatic rings. The summed E-state index contributed by atoms with van der Waals surface area (Å²) in [5.74, 6) is -6.62. The molecule has 3 amide bonds. The minimum Gasteiger partial charge on any atom is -0.481 e. The van der Waals surface area contributed by atoms with E-state index in [2.05, 4.69) is 10.6 Å². The molecule has 0 rings (SSSR count). The highest BCUT2D eigenvalue weighted by Gasteiger charge is 2.32. The molecule has 0 spiro atoms. The first-order valence-corrected chi connectivity index (χ1v) is 11.5. The number of carbonyl (C=O) groups excluding carboxylic acids is 3. The van der Waals surface area contributed by atoms with Gasteiger partial charge in [-0.25, -0.2) is 4.79 Å². The van der Waals surface area contributed by atoms with Gasteiger partial charge in [-0.05, 0) is 30.8 Å². The number of nitrogens with one attached hydrogen (secondary N) is 3. The van der Waals surface area contributed by atoms with Crippen molar-refractivity contribution in [2.24, 2.45) is 11.7 Å². The van der Waals surface area contributed by atoms with Crippen molar-refractivity contribution in [3.05, 3.63) is 0 Å². The molecular formula is C19H32N4O9S. The lowest BCUT2D eigenvalue weighted by molar-refractivity contribution is -0.144. The molecule has 0 saturated carbocycles. The van der Waals surface area contributed by atoms with Crippen molar-refractivity contribution in [2.45, 2.75) is 63.7 Å². The Morgan fingerprint density at radius 2 is 1.39 bits per heavy atom. The highest BCUT2D eigenvalue weighted by molar-refractivity contribution is 7.98. The number of rotatable bonds is 16. The van der Waals surface area contributed by atoms with E-state index in [1.807, 2.05) is 11.6 Å². The van der Waals surface area contributed by atoms with E-state index in [0.29, 0.717) is 12.2 Å². The number of thioether (sulfide) groups is 1. The molecule has 33 heavy (non-hydrogen) atoms. The first kappa shape index (κ1) is 30.1. The molecule has 13 nitrogen and oxygen atoms in total. The molecule has 0 aliphatic heterocycles. The lowest BCUT2D eigenvalue weighted by Crippen LogP contribution is -2.58. The zero-order valence-electron chi connectivity index (χ0n) is 18.7. The Kier molecular flexibility index (Phi) is 13.7. The average Bonchev–Trinajstić information content (AvgIpc) is 2.70. The van der Waals surface area contributed by atoms with Gasteiger partial charge in [0.05, 0.1) is 12.5 Å². The van der Waals surface area contributed by atoms with Gasteiger partial charge in [0.15, 0.2) is 0 Å². The summed E-state index contributed by atoms with van der Waals surface area (Å²) in [4.78, 5) is 70.7. The summed E-state index contributed by atoms with van der Waals surface area (Å²) in [5, 5.41) is 33.8. The van der Waals surface area contributed by atoms with Gasteiger partial charge in [-0.1, -0.05) is 13.8 Å². The van der Waals surface area contributed by atoms with Gasteiger partial charge >= 0.3 is 17.9 Å². The fraction of sp³-hybridized carbons (Fsp3) is 0.684. The monoisotopic (exact) mass is 492 g/mol. The quantitative estimate of drug-likeness (QED) is 0.133. The largest absolute Gasteiger partial charge is 0.481 e. The van der Waals surface area contributed by atoms with Gasteiger partial charge in [-0.15, -0.1) is 0 Å². The zero-order chi connectivity index (χ0) is 25.7. The average molecular weight is 493 g/mol. The maximum atomic E-state index is 12.8. The molecule has 0 fully saturated rings. The molecule has 0 bridgehead atoms. The van der Waals surface area contributed by atoms with Gasteiger partial charge in [0.2, 0.25) is 17.7 Å². The number of nitrogens with two attached hydrogens (primary N) is 1. The lowest BCUT2D eigenvalue weighted by atomic mass is 10.0. The summed E-state index contributed by atoms with van der Waals surface area (Å²) >= 11 is 1.49. The summed E-state index contributed by atoms with van der Waals surface area (Å²) in [6.45, 7) is 3.24.